The fraction of sp³-hybridized carbons (Fsp3) is 0.111. The maximum atomic E-state index is 13.6. The fourth-order valence-electron chi connectivity index (χ4n) is 2.00. The standard InChI is InChI=1S/C18H15FN2O/c1-13(14-7-3-2-4-8-14)21-18(22)16(12-20)11-15-9-5-6-10-17(15)19/h2-11,13H,1H3,(H,21,22)/b16-11-/t13-/m0/s1. The molecule has 0 saturated heterocycles. The summed E-state index contributed by atoms with van der Waals surface area (Å²) in [6, 6.07) is 17.0. The predicted molar refractivity (Wildman–Crippen MR) is 83.0 cm³/mol. The van der Waals surface area contributed by atoms with Gasteiger partial charge in [0.25, 0.3) is 5.91 Å². The molecule has 0 aliphatic rings. The number of hydrogen-bond acceptors (Lipinski definition) is 2. The summed E-state index contributed by atoms with van der Waals surface area (Å²) in [4.78, 5) is 12.1. The summed E-state index contributed by atoms with van der Waals surface area (Å²) >= 11 is 0. The lowest BCUT2D eigenvalue weighted by molar-refractivity contribution is -0.117. The van der Waals surface area contributed by atoms with Crippen molar-refractivity contribution in [3.05, 3.63) is 77.1 Å². The van der Waals surface area contributed by atoms with Crippen LogP contribution in [0.15, 0.2) is 60.2 Å². The molecule has 0 aliphatic carbocycles. The largest absolute Gasteiger partial charge is 0.345 e. The van der Waals surface area contributed by atoms with Crippen LogP contribution in [0, 0.1) is 17.1 Å². The summed E-state index contributed by atoms with van der Waals surface area (Å²) in [6.07, 6.45) is 1.25. The molecular weight excluding hydrogens is 279 g/mol. The Labute approximate surface area is 128 Å². The van der Waals surface area contributed by atoms with Crippen LogP contribution in [0.4, 0.5) is 4.39 Å². The van der Waals surface area contributed by atoms with E-state index in [9.17, 15) is 9.18 Å². The van der Waals surface area contributed by atoms with Gasteiger partial charge in [0.05, 0.1) is 6.04 Å². The van der Waals surface area contributed by atoms with Gasteiger partial charge in [-0.2, -0.15) is 5.26 Å². The van der Waals surface area contributed by atoms with Gasteiger partial charge in [-0.1, -0.05) is 48.5 Å². The van der Waals surface area contributed by atoms with E-state index in [1.165, 1.54) is 18.2 Å². The van der Waals surface area contributed by atoms with E-state index in [1.54, 1.807) is 12.1 Å². The molecule has 1 atom stereocenters. The molecule has 0 unspecified atom stereocenters. The minimum atomic E-state index is -0.526. The molecule has 2 aromatic carbocycles. The van der Waals surface area contributed by atoms with Gasteiger partial charge in [-0.15, -0.1) is 0 Å². The quantitative estimate of drug-likeness (QED) is 0.692. The number of rotatable bonds is 4. The zero-order valence-electron chi connectivity index (χ0n) is 12.1. The number of halogens is 1. The first-order valence-corrected chi connectivity index (χ1v) is 6.84. The van der Waals surface area contributed by atoms with E-state index in [4.69, 9.17) is 5.26 Å². The van der Waals surface area contributed by atoms with Gasteiger partial charge in [0.15, 0.2) is 0 Å². The van der Waals surface area contributed by atoms with Gasteiger partial charge in [-0.05, 0) is 24.6 Å². The molecule has 0 heterocycles. The molecule has 2 aromatic rings. The van der Waals surface area contributed by atoms with Crippen molar-refractivity contribution >= 4 is 12.0 Å². The molecule has 0 spiro atoms. The van der Waals surface area contributed by atoms with Crippen LogP contribution in [0.5, 0.6) is 0 Å². The van der Waals surface area contributed by atoms with Gasteiger partial charge in [0.1, 0.15) is 17.5 Å². The van der Waals surface area contributed by atoms with Crippen LogP contribution in [0.2, 0.25) is 0 Å². The molecule has 110 valence electrons. The lowest BCUT2D eigenvalue weighted by atomic mass is 10.1. The molecule has 0 saturated carbocycles. The van der Waals surface area contributed by atoms with E-state index < -0.39 is 11.7 Å². The summed E-state index contributed by atoms with van der Waals surface area (Å²) in [7, 11) is 0. The third-order valence-electron chi connectivity index (χ3n) is 3.22. The maximum Gasteiger partial charge on any atom is 0.262 e. The highest BCUT2D eigenvalue weighted by atomic mass is 19.1. The molecule has 22 heavy (non-hydrogen) atoms. The highest BCUT2D eigenvalue weighted by molar-refractivity contribution is 6.01. The summed E-state index contributed by atoms with van der Waals surface area (Å²) in [5.41, 5.74) is 1.01. The Morgan fingerprint density at radius 1 is 1.18 bits per heavy atom. The molecule has 1 amide bonds. The summed E-state index contributed by atoms with van der Waals surface area (Å²) in [6.45, 7) is 1.82. The zero-order valence-corrected chi connectivity index (χ0v) is 12.1. The summed E-state index contributed by atoms with van der Waals surface area (Å²) in [5.74, 6) is -0.999. The van der Waals surface area contributed by atoms with E-state index in [0.717, 1.165) is 5.56 Å². The van der Waals surface area contributed by atoms with Crippen LogP contribution in [0.3, 0.4) is 0 Å². The van der Waals surface area contributed by atoms with Crippen LogP contribution in [0.1, 0.15) is 24.1 Å². The first-order valence-electron chi connectivity index (χ1n) is 6.84. The second kappa shape index (κ2) is 7.19. The number of benzene rings is 2. The molecule has 0 fully saturated rings. The SMILES string of the molecule is C[C@H](NC(=O)/C(C#N)=C\c1ccccc1F)c1ccccc1. The highest BCUT2D eigenvalue weighted by Crippen LogP contribution is 2.14. The van der Waals surface area contributed by atoms with Crippen LogP contribution in [0.25, 0.3) is 6.08 Å². The summed E-state index contributed by atoms with van der Waals surface area (Å²) in [5, 5.41) is 11.9. The smallest absolute Gasteiger partial charge is 0.262 e. The van der Waals surface area contributed by atoms with Gasteiger partial charge in [0, 0.05) is 5.56 Å². The number of nitriles is 1. The topological polar surface area (TPSA) is 52.9 Å². The molecular formula is C18H15FN2O. The second-order valence-corrected chi connectivity index (χ2v) is 4.80. The van der Waals surface area contributed by atoms with Crippen molar-refractivity contribution in [2.75, 3.05) is 0 Å². The maximum absolute atomic E-state index is 13.6. The van der Waals surface area contributed by atoms with Crippen molar-refractivity contribution in [3.63, 3.8) is 0 Å². The molecule has 0 aliphatic heterocycles. The van der Waals surface area contributed by atoms with E-state index >= 15 is 0 Å². The van der Waals surface area contributed by atoms with Crippen LogP contribution < -0.4 is 5.32 Å². The number of nitrogens with zero attached hydrogens (tertiary/aromatic N) is 1. The average Bonchev–Trinajstić information content (AvgIpc) is 2.54. The van der Waals surface area contributed by atoms with Crippen LogP contribution in [-0.4, -0.2) is 5.91 Å². The Balaban J connectivity index is 2.17. The number of amides is 1. The van der Waals surface area contributed by atoms with Crippen LogP contribution in [-0.2, 0) is 4.79 Å². The minimum absolute atomic E-state index is 0.132. The highest BCUT2D eigenvalue weighted by Gasteiger charge is 2.14. The second-order valence-electron chi connectivity index (χ2n) is 4.80. The molecule has 1 N–H and O–H groups in total. The zero-order chi connectivity index (χ0) is 15.9. The first-order chi connectivity index (χ1) is 10.6. The lowest BCUT2D eigenvalue weighted by Gasteiger charge is -2.13. The first kappa shape index (κ1) is 15.5. The van der Waals surface area contributed by atoms with Crippen molar-refractivity contribution in [2.45, 2.75) is 13.0 Å². The minimum Gasteiger partial charge on any atom is -0.345 e. The predicted octanol–water partition coefficient (Wildman–Crippen LogP) is 3.61. The molecule has 3 nitrogen and oxygen atoms in total. The van der Waals surface area contributed by atoms with Gasteiger partial charge < -0.3 is 5.32 Å². The van der Waals surface area contributed by atoms with Crippen LogP contribution >= 0.6 is 0 Å². The Bertz CT molecular complexity index is 732. The summed E-state index contributed by atoms with van der Waals surface area (Å²) < 4.78 is 13.6. The van der Waals surface area contributed by atoms with E-state index in [1.807, 2.05) is 43.3 Å². The van der Waals surface area contributed by atoms with Crippen molar-refractivity contribution < 1.29 is 9.18 Å². The Morgan fingerprint density at radius 3 is 2.45 bits per heavy atom. The Hall–Kier alpha value is -2.93. The van der Waals surface area contributed by atoms with Gasteiger partial charge in [-0.3, -0.25) is 4.79 Å². The van der Waals surface area contributed by atoms with Gasteiger partial charge in [-0.25, -0.2) is 4.39 Å². The number of nitrogens with one attached hydrogen (secondary N) is 1. The van der Waals surface area contributed by atoms with E-state index in [-0.39, 0.29) is 17.2 Å². The van der Waals surface area contributed by atoms with Crippen molar-refractivity contribution in [3.8, 4) is 6.07 Å². The van der Waals surface area contributed by atoms with Crippen molar-refractivity contribution in [2.24, 2.45) is 0 Å². The molecule has 2 rings (SSSR count). The van der Waals surface area contributed by atoms with Gasteiger partial charge >= 0.3 is 0 Å². The number of carbonyl (C=O) groups is 1. The van der Waals surface area contributed by atoms with Crippen molar-refractivity contribution in [1.29, 1.82) is 5.26 Å². The Kier molecular flexibility index (Phi) is 5.05. The number of carbonyl (C=O) groups excluding carboxylic acids is 1. The van der Waals surface area contributed by atoms with Crippen molar-refractivity contribution in [1.82, 2.24) is 5.32 Å². The Morgan fingerprint density at radius 2 is 1.82 bits per heavy atom. The lowest BCUT2D eigenvalue weighted by Crippen LogP contribution is -2.27. The monoisotopic (exact) mass is 294 g/mol. The molecule has 0 radical (unpaired) electrons. The average molecular weight is 294 g/mol. The van der Waals surface area contributed by atoms with Gasteiger partial charge in [0.2, 0.25) is 0 Å². The normalized spacial score (nSPS) is 12.3. The third-order valence-corrected chi connectivity index (χ3v) is 3.22. The molecule has 4 heteroatoms. The number of hydrogen-bond donors (Lipinski definition) is 1. The van der Waals surface area contributed by atoms with E-state index in [2.05, 4.69) is 5.32 Å². The third kappa shape index (κ3) is 3.80. The van der Waals surface area contributed by atoms with E-state index in [0.29, 0.717) is 0 Å². The molecule has 0 bridgehead atoms. The molecule has 0 aromatic heterocycles. The fourth-order valence-corrected chi connectivity index (χ4v) is 2.00.